The Balaban J connectivity index is 1.12. The minimum absolute atomic E-state index is 0.0431. The molecule has 10 aromatic rings. The number of fused-ring (bicyclic) bond motifs is 14. The van der Waals surface area contributed by atoms with Gasteiger partial charge in [0, 0.05) is 65.8 Å². The molecule has 54 heavy (non-hydrogen) atoms. The van der Waals surface area contributed by atoms with Gasteiger partial charge < -0.3 is 9.13 Å². The van der Waals surface area contributed by atoms with Gasteiger partial charge in [0.05, 0.1) is 16.6 Å². The van der Waals surface area contributed by atoms with E-state index >= 15 is 0 Å². The van der Waals surface area contributed by atoms with Crippen LogP contribution in [0.25, 0.3) is 55.0 Å². The zero-order chi connectivity index (χ0) is 34.8. The number of anilines is 3. The number of aromatic nitrogens is 4. The molecule has 4 aliphatic rings. The molecule has 7 aromatic carbocycles. The van der Waals surface area contributed by atoms with E-state index in [1.54, 1.807) is 11.8 Å². The number of hydrogen-bond acceptors (Lipinski definition) is 4. The fraction of sp³-hybridized carbons (Fsp3) is 0. The van der Waals surface area contributed by atoms with Gasteiger partial charge in [-0.2, -0.15) is 0 Å². The molecule has 8 heteroatoms. The van der Waals surface area contributed by atoms with Gasteiger partial charge in [-0.15, -0.1) is 0 Å². The first-order chi connectivity index (χ1) is 26.8. The van der Waals surface area contributed by atoms with Crippen LogP contribution in [0.3, 0.4) is 0 Å². The van der Waals surface area contributed by atoms with Crippen molar-refractivity contribution in [2.24, 2.45) is 0 Å². The van der Waals surface area contributed by atoms with Crippen molar-refractivity contribution < 1.29 is 0 Å². The quantitative estimate of drug-likeness (QED) is 0.182. The molecule has 0 amide bonds. The molecular formula is C46H25B2N5S. The predicted molar refractivity (Wildman–Crippen MR) is 225 cm³/mol. The molecule has 5 nitrogen and oxygen atoms in total. The lowest BCUT2D eigenvalue weighted by Crippen LogP contribution is -2.66. The Hall–Kier alpha value is -6.50. The molecule has 7 heterocycles. The molecule has 0 saturated heterocycles. The summed E-state index contributed by atoms with van der Waals surface area (Å²) in [7, 11) is 0. The van der Waals surface area contributed by atoms with E-state index in [0.29, 0.717) is 0 Å². The lowest BCUT2D eigenvalue weighted by atomic mass is 9.34. The first-order valence-electron chi connectivity index (χ1n) is 18.6. The van der Waals surface area contributed by atoms with Crippen molar-refractivity contribution in [2.75, 3.05) is 4.90 Å². The van der Waals surface area contributed by atoms with Crippen LogP contribution >= 0.6 is 11.8 Å². The van der Waals surface area contributed by atoms with Gasteiger partial charge in [0.15, 0.2) is 5.82 Å². The number of benzene rings is 7. The molecular weight excluding hydrogens is 676 g/mol. The van der Waals surface area contributed by atoms with E-state index in [-0.39, 0.29) is 13.4 Å². The summed E-state index contributed by atoms with van der Waals surface area (Å²) >= 11 is 1.77. The highest BCUT2D eigenvalue weighted by Gasteiger charge is 2.47. The average molecular weight is 701 g/mol. The largest absolute Gasteiger partial charge is 0.310 e. The molecule has 246 valence electrons. The zero-order valence-electron chi connectivity index (χ0n) is 28.7. The summed E-state index contributed by atoms with van der Waals surface area (Å²) in [5, 5.41) is 6.09. The fourth-order valence-electron chi connectivity index (χ4n) is 10.4. The molecule has 14 rings (SSSR count). The van der Waals surface area contributed by atoms with Crippen LogP contribution in [0.4, 0.5) is 17.2 Å². The molecule has 0 bridgehead atoms. The van der Waals surface area contributed by atoms with Gasteiger partial charge in [0.1, 0.15) is 5.03 Å². The maximum absolute atomic E-state index is 5.97. The second kappa shape index (κ2) is 9.72. The third-order valence-corrected chi connectivity index (χ3v) is 13.4. The number of para-hydroxylation sites is 5. The van der Waals surface area contributed by atoms with Crippen LogP contribution in [-0.2, 0) is 0 Å². The zero-order valence-corrected chi connectivity index (χ0v) is 29.5. The Bertz CT molecular complexity index is 3350. The van der Waals surface area contributed by atoms with Gasteiger partial charge in [0.25, 0.3) is 13.4 Å². The molecule has 4 aliphatic heterocycles. The summed E-state index contributed by atoms with van der Waals surface area (Å²) in [6.45, 7) is -0.129. The minimum Gasteiger partial charge on any atom is -0.310 e. The SMILES string of the molecule is c1ccc(N2c3cccc4c3B(c3nc5c(nc32)Sc2cccc3c2B5c2cccc5c6ccccc6n-3c25)c2cccc3c5ccccc5n-4c23)cc1. The van der Waals surface area contributed by atoms with Gasteiger partial charge in [-0.05, 0) is 70.4 Å². The van der Waals surface area contributed by atoms with Crippen molar-refractivity contribution in [2.45, 2.75) is 9.92 Å². The summed E-state index contributed by atoms with van der Waals surface area (Å²) in [5.74, 6) is 0.909. The average Bonchev–Trinajstić information content (AvgIpc) is 3.75. The molecule has 0 atom stereocenters. The molecule has 0 fully saturated rings. The summed E-state index contributed by atoms with van der Waals surface area (Å²) < 4.78 is 4.99. The molecule has 0 N–H and O–H groups in total. The lowest BCUT2D eigenvalue weighted by molar-refractivity contribution is 1.06. The van der Waals surface area contributed by atoms with Crippen LogP contribution in [0.2, 0.25) is 0 Å². The maximum Gasteiger partial charge on any atom is 0.277 e. The van der Waals surface area contributed by atoms with Crippen molar-refractivity contribution in [1.29, 1.82) is 0 Å². The maximum atomic E-state index is 5.97. The third kappa shape index (κ3) is 3.21. The second-order valence-electron chi connectivity index (χ2n) is 14.9. The number of hydrogen-bond donors (Lipinski definition) is 0. The Kier molecular flexibility index (Phi) is 5.05. The molecule has 0 radical (unpaired) electrons. The Morgan fingerprint density at radius 2 is 1.00 bits per heavy atom. The Labute approximate surface area is 314 Å². The normalized spacial score (nSPS) is 14.1. The predicted octanol–water partition coefficient (Wildman–Crippen LogP) is 6.58. The van der Waals surface area contributed by atoms with Crippen molar-refractivity contribution in [3.8, 4) is 11.4 Å². The highest BCUT2D eigenvalue weighted by atomic mass is 32.2. The van der Waals surface area contributed by atoms with Gasteiger partial charge in [-0.1, -0.05) is 115 Å². The van der Waals surface area contributed by atoms with Gasteiger partial charge in [0.2, 0.25) is 0 Å². The monoisotopic (exact) mass is 701 g/mol. The topological polar surface area (TPSA) is 38.9 Å². The lowest BCUT2D eigenvalue weighted by Gasteiger charge is -2.40. The van der Waals surface area contributed by atoms with Gasteiger partial charge in [-0.3, -0.25) is 9.88 Å². The van der Waals surface area contributed by atoms with Gasteiger partial charge >= 0.3 is 0 Å². The van der Waals surface area contributed by atoms with Crippen LogP contribution in [-0.4, -0.2) is 32.5 Å². The Morgan fingerprint density at radius 1 is 0.444 bits per heavy atom. The molecule has 0 aliphatic carbocycles. The van der Waals surface area contributed by atoms with Crippen LogP contribution < -0.4 is 37.9 Å². The number of rotatable bonds is 1. The van der Waals surface area contributed by atoms with E-state index in [9.17, 15) is 0 Å². The first kappa shape index (κ1) is 28.1. The highest BCUT2D eigenvalue weighted by Crippen LogP contribution is 2.42. The summed E-state index contributed by atoms with van der Waals surface area (Å²) in [6, 6.07) is 55.6. The molecule has 0 unspecified atom stereocenters. The highest BCUT2D eigenvalue weighted by molar-refractivity contribution is 8.00. The van der Waals surface area contributed by atoms with E-state index in [2.05, 4.69) is 166 Å². The third-order valence-electron chi connectivity index (χ3n) is 12.4. The standard InChI is InChI=1S/C46H25B2N5S/c1-2-12-26(13-3-1)51-35-22-10-23-36-39(35)47(31-18-8-16-29-27-14-4-6-20-33(27)52(36)41(29)31)43-45(51)50-46-44(49-43)48-32-19-9-17-30-28-15-5-7-21-34(28)53(42(30)32)37-24-11-25-38(54-46)40(37)48/h1-25H. The Morgan fingerprint density at radius 3 is 1.70 bits per heavy atom. The van der Waals surface area contributed by atoms with Gasteiger partial charge in [-0.25, -0.2) is 4.98 Å². The van der Waals surface area contributed by atoms with Crippen molar-refractivity contribution in [1.82, 2.24) is 19.1 Å². The van der Waals surface area contributed by atoms with E-state index in [0.717, 1.165) is 33.4 Å². The van der Waals surface area contributed by atoms with E-state index in [1.807, 2.05) is 0 Å². The molecule has 0 saturated carbocycles. The van der Waals surface area contributed by atoms with Crippen molar-refractivity contribution in [3.05, 3.63) is 152 Å². The van der Waals surface area contributed by atoms with Crippen LogP contribution in [0, 0.1) is 0 Å². The minimum atomic E-state index is -0.0862. The summed E-state index contributed by atoms with van der Waals surface area (Å²) in [5.41, 5.74) is 16.9. The summed E-state index contributed by atoms with van der Waals surface area (Å²) in [4.78, 5) is 15.3. The molecule has 3 aromatic heterocycles. The van der Waals surface area contributed by atoms with E-state index in [4.69, 9.17) is 9.97 Å². The molecule has 0 spiro atoms. The van der Waals surface area contributed by atoms with Crippen LogP contribution in [0.1, 0.15) is 0 Å². The second-order valence-corrected chi connectivity index (χ2v) is 15.9. The first-order valence-corrected chi connectivity index (χ1v) is 19.4. The summed E-state index contributed by atoms with van der Waals surface area (Å²) in [6.07, 6.45) is 0. The smallest absolute Gasteiger partial charge is 0.277 e. The van der Waals surface area contributed by atoms with E-state index in [1.165, 1.54) is 81.7 Å². The fourth-order valence-corrected chi connectivity index (χ4v) is 11.5. The van der Waals surface area contributed by atoms with Crippen molar-refractivity contribution in [3.63, 3.8) is 0 Å². The van der Waals surface area contributed by atoms with Crippen LogP contribution in [0.15, 0.2) is 162 Å². The van der Waals surface area contributed by atoms with Crippen molar-refractivity contribution >= 4 is 119 Å². The van der Waals surface area contributed by atoms with E-state index < -0.39 is 0 Å². The number of nitrogens with zero attached hydrogens (tertiary/aromatic N) is 5. The van der Waals surface area contributed by atoms with Crippen LogP contribution in [0.5, 0.6) is 0 Å².